The quantitative estimate of drug-likeness (QED) is 0.477. The second-order valence-corrected chi connectivity index (χ2v) is 4.40. The molecule has 2 nitrogen and oxygen atoms in total. The Labute approximate surface area is 73.2 Å². The van der Waals surface area contributed by atoms with Gasteiger partial charge in [0.2, 0.25) is 0 Å². The van der Waals surface area contributed by atoms with E-state index >= 15 is 0 Å². The van der Waals surface area contributed by atoms with Crippen molar-refractivity contribution < 1.29 is 9.84 Å². The zero-order valence-corrected chi connectivity index (χ0v) is 7.92. The fraction of sp³-hybridized carbons (Fsp3) is 0.800. The summed E-state index contributed by atoms with van der Waals surface area (Å²) in [6.45, 7) is 6.03. The van der Waals surface area contributed by atoms with Crippen molar-refractivity contribution in [3.05, 3.63) is 11.6 Å². The maximum Gasteiger partial charge on any atom is 0.124 e. The van der Waals surface area contributed by atoms with Crippen molar-refractivity contribution >= 4 is 0 Å². The maximum absolute atomic E-state index is 10.2. The van der Waals surface area contributed by atoms with Crippen LogP contribution in [0.4, 0.5) is 0 Å². The molecule has 2 aliphatic rings. The molecule has 68 valence electrons. The molecule has 1 heterocycles. The van der Waals surface area contributed by atoms with Crippen LogP contribution in [-0.2, 0) is 4.74 Å². The summed E-state index contributed by atoms with van der Waals surface area (Å²) in [5.74, 6) is 0. The van der Waals surface area contributed by atoms with Crippen LogP contribution in [0, 0.1) is 0 Å². The topological polar surface area (TPSA) is 32.8 Å². The summed E-state index contributed by atoms with van der Waals surface area (Å²) in [5.41, 5.74) is 0.190. The highest BCUT2D eigenvalue weighted by Crippen LogP contribution is 2.56. The highest BCUT2D eigenvalue weighted by atomic mass is 16.6. The molecule has 0 amide bonds. The van der Waals surface area contributed by atoms with E-state index in [2.05, 4.69) is 0 Å². The van der Waals surface area contributed by atoms with Gasteiger partial charge >= 0.3 is 0 Å². The lowest BCUT2D eigenvalue weighted by Crippen LogP contribution is -2.38. The Balaban J connectivity index is 2.27. The molecule has 2 rings (SSSR count). The molecule has 1 N–H and O–H groups in total. The summed E-state index contributed by atoms with van der Waals surface area (Å²) in [7, 11) is 0. The van der Waals surface area contributed by atoms with Gasteiger partial charge in [-0.2, -0.15) is 0 Å². The zero-order chi connectivity index (χ0) is 8.98. The normalized spacial score (nSPS) is 50.2. The number of fused-ring (bicyclic) bond motifs is 1. The molecule has 1 saturated heterocycles. The van der Waals surface area contributed by atoms with Crippen molar-refractivity contribution in [2.75, 3.05) is 0 Å². The van der Waals surface area contributed by atoms with Crippen LogP contribution < -0.4 is 0 Å². The Morgan fingerprint density at radius 1 is 1.58 bits per heavy atom. The second-order valence-electron chi connectivity index (χ2n) is 4.40. The number of ether oxygens (including phenoxy) is 1. The molecule has 1 aliphatic heterocycles. The van der Waals surface area contributed by atoms with E-state index in [-0.39, 0.29) is 5.60 Å². The van der Waals surface area contributed by atoms with Crippen molar-refractivity contribution in [3.8, 4) is 0 Å². The van der Waals surface area contributed by atoms with Gasteiger partial charge in [-0.25, -0.2) is 0 Å². The lowest BCUT2D eigenvalue weighted by molar-refractivity contribution is 0.00544. The molecule has 0 unspecified atom stereocenters. The van der Waals surface area contributed by atoms with Gasteiger partial charge in [-0.1, -0.05) is 11.6 Å². The molecule has 12 heavy (non-hydrogen) atoms. The monoisotopic (exact) mass is 168 g/mol. The SMILES string of the molecule is CC(C)=C[C@]1(O)CC[C@H]2O[C@]21C. The van der Waals surface area contributed by atoms with Crippen molar-refractivity contribution in [1.82, 2.24) is 0 Å². The third-order valence-corrected chi connectivity index (χ3v) is 3.12. The Hall–Kier alpha value is -0.340. The van der Waals surface area contributed by atoms with Gasteiger partial charge in [0, 0.05) is 0 Å². The molecule has 0 aromatic rings. The van der Waals surface area contributed by atoms with Crippen molar-refractivity contribution in [3.63, 3.8) is 0 Å². The zero-order valence-electron chi connectivity index (χ0n) is 7.92. The third-order valence-electron chi connectivity index (χ3n) is 3.12. The number of epoxide rings is 1. The molecule has 0 bridgehead atoms. The van der Waals surface area contributed by atoms with Gasteiger partial charge in [0.25, 0.3) is 0 Å². The summed E-state index contributed by atoms with van der Waals surface area (Å²) in [4.78, 5) is 0. The van der Waals surface area contributed by atoms with E-state index < -0.39 is 5.60 Å². The van der Waals surface area contributed by atoms with Crippen LogP contribution in [0.2, 0.25) is 0 Å². The fourth-order valence-corrected chi connectivity index (χ4v) is 2.27. The van der Waals surface area contributed by atoms with Crippen molar-refractivity contribution in [2.45, 2.75) is 50.9 Å². The van der Waals surface area contributed by atoms with Crippen LogP contribution in [0.5, 0.6) is 0 Å². The van der Waals surface area contributed by atoms with Crippen LogP contribution in [0.1, 0.15) is 33.6 Å². The molecule has 1 saturated carbocycles. The Bertz CT molecular complexity index is 240. The van der Waals surface area contributed by atoms with Gasteiger partial charge in [0.1, 0.15) is 11.2 Å². The number of hydrogen-bond donors (Lipinski definition) is 1. The molecule has 0 spiro atoms. The first-order valence-corrected chi connectivity index (χ1v) is 4.54. The molecule has 0 radical (unpaired) electrons. The van der Waals surface area contributed by atoms with E-state index in [1.54, 1.807) is 0 Å². The molecule has 2 heteroatoms. The summed E-state index contributed by atoms with van der Waals surface area (Å²) in [6, 6.07) is 0. The predicted molar refractivity (Wildman–Crippen MR) is 46.9 cm³/mol. The standard InChI is InChI=1S/C10H16O2/c1-7(2)6-10(11)5-4-8-9(10,3)12-8/h6,8,11H,4-5H2,1-3H3/t8-,9-,10-/m1/s1. The average Bonchev–Trinajstić information content (AvgIpc) is 2.52. The average molecular weight is 168 g/mol. The number of rotatable bonds is 1. The summed E-state index contributed by atoms with van der Waals surface area (Å²) < 4.78 is 5.46. The van der Waals surface area contributed by atoms with E-state index in [9.17, 15) is 5.11 Å². The Kier molecular flexibility index (Phi) is 1.46. The van der Waals surface area contributed by atoms with E-state index in [1.165, 1.54) is 0 Å². The number of allylic oxidation sites excluding steroid dienone is 1. The van der Waals surface area contributed by atoms with Gasteiger partial charge in [0.05, 0.1) is 6.10 Å². The number of aliphatic hydroxyl groups is 1. The van der Waals surface area contributed by atoms with Gasteiger partial charge in [-0.05, 0) is 33.6 Å². The first kappa shape index (κ1) is 8.27. The van der Waals surface area contributed by atoms with Crippen molar-refractivity contribution in [1.29, 1.82) is 0 Å². The first-order chi connectivity index (χ1) is 5.48. The predicted octanol–water partition coefficient (Wildman–Crippen LogP) is 1.64. The fourth-order valence-electron chi connectivity index (χ4n) is 2.27. The second kappa shape index (κ2) is 2.12. The molecule has 0 aromatic carbocycles. The van der Waals surface area contributed by atoms with Crippen molar-refractivity contribution in [2.24, 2.45) is 0 Å². The molecule has 0 aromatic heterocycles. The highest BCUT2D eigenvalue weighted by Gasteiger charge is 2.68. The van der Waals surface area contributed by atoms with Gasteiger partial charge in [-0.15, -0.1) is 0 Å². The molecule has 1 aliphatic carbocycles. The van der Waals surface area contributed by atoms with Crippen LogP contribution in [0.15, 0.2) is 11.6 Å². The Morgan fingerprint density at radius 3 is 2.58 bits per heavy atom. The molecule has 3 atom stereocenters. The lowest BCUT2D eigenvalue weighted by Gasteiger charge is -2.25. The minimum atomic E-state index is -0.698. The molecular formula is C10H16O2. The molecular weight excluding hydrogens is 152 g/mol. The van der Waals surface area contributed by atoms with Crippen LogP contribution in [0.3, 0.4) is 0 Å². The number of hydrogen-bond acceptors (Lipinski definition) is 2. The molecule has 2 fully saturated rings. The summed E-state index contributed by atoms with van der Waals surface area (Å²) in [6.07, 6.45) is 4.09. The van der Waals surface area contributed by atoms with E-state index in [1.807, 2.05) is 26.8 Å². The maximum atomic E-state index is 10.2. The van der Waals surface area contributed by atoms with Gasteiger partial charge < -0.3 is 9.84 Å². The summed E-state index contributed by atoms with van der Waals surface area (Å²) in [5, 5.41) is 10.2. The summed E-state index contributed by atoms with van der Waals surface area (Å²) >= 11 is 0. The third kappa shape index (κ3) is 0.882. The smallest absolute Gasteiger partial charge is 0.124 e. The van der Waals surface area contributed by atoms with Crippen LogP contribution in [0.25, 0.3) is 0 Å². The van der Waals surface area contributed by atoms with Crippen LogP contribution in [-0.4, -0.2) is 22.4 Å². The minimum Gasteiger partial charge on any atom is -0.383 e. The van der Waals surface area contributed by atoms with Gasteiger partial charge in [-0.3, -0.25) is 0 Å². The van der Waals surface area contributed by atoms with E-state index in [0.717, 1.165) is 18.4 Å². The van der Waals surface area contributed by atoms with E-state index in [0.29, 0.717) is 6.10 Å². The van der Waals surface area contributed by atoms with E-state index in [4.69, 9.17) is 4.74 Å². The van der Waals surface area contributed by atoms with Crippen LogP contribution >= 0.6 is 0 Å². The first-order valence-electron chi connectivity index (χ1n) is 4.54. The highest BCUT2D eigenvalue weighted by molar-refractivity contribution is 5.27. The largest absolute Gasteiger partial charge is 0.383 e. The van der Waals surface area contributed by atoms with Gasteiger partial charge in [0.15, 0.2) is 0 Å². The Morgan fingerprint density at radius 2 is 2.25 bits per heavy atom. The lowest BCUT2D eigenvalue weighted by atomic mass is 9.89. The minimum absolute atomic E-state index is 0.274.